The second kappa shape index (κ2) is 4.44. The van der Waals surface area contributed by atoms with Gasteiger partial charge in [0, 0.05) is 17.8 Å². The van der Waals surface area contributed by atoms with Crippen LogP contribution in [0.5, 0.6) is 0 Å². The van der Waals surface area contributed by atoms with E-state index in [2.05, 4.69) is 38.9 Å². The van der Waals surface area contributed by atoms with Gasteiger partial charge in [0.2, 0.25) is 0 Å². The van der Waals surface area contributed by atoms with Gasteiger partial charge in [0.15, 0.2) is 0 Å². The van der Waals surface area contributed by atoms with Crippen LogP contribution in [0.1, 0.15) is 5.56 Å². The molecular formula is C18H14FN5. The largest absolute Gasteiger partial charge is 0.306 e. The Hall–Kier alpha value is -3.15. The lowest BCUT2D eigenvalue weighted by atomic mass is 10.1. The molecule has 0 saturated heterocycles. The van der Waals surface area contributed by atoms with Crippen LogP contribution in [-0.2, 0) is 7.05 Å². The predicted molar refractivity (Wildman–Crippen MR) is 91.9 cm³/mol. The first-order valence-corrected chi connectivity index (χ1v) is 7.69. The second-order valence-electron chi connectivity index (χ2n) is 6.09. The van der Waals surface area contributed by atoms with Crippen LogP contribution in [0.2, 0.25) is 0 Å². The SMILES string of the molecule is Cc1cc2cnn(C)c2cc1-n1c2ccc(F)cc2c2[nH]ncc21. The zero-order valence-electron chi connectivity index (χ0n) is 13.2. The highest BCUT2D eigenvalue weighted by atomic mass is 19.1. The summed E-state index contributed by atoms with van der Waals surface area (Å²) >= 11 is 0. The fourth-order valence-electron chi connectivity index (χ4n) is 3.48. The van der Waals surface area contributed by atoms with Crippen LogP contribution in [0.25, 0.3) is 38.5 Å². The number of H-pyrrole nitrogens is 1. The smallest absolute Gasteiger partial charge is 0.124 e. The van der Waals surface area contributed by atoms with E-state index in [4.69, 9.17) is 0 Å². The van der Waals surface area contributed by atoms with Gasteiger partial charge in [0.1, 0.15) is 5.82 Å². The number of halogens is 1. The van der Waals surface area contributed by atoms with Gasteiger partial charge in [-0.25, -0.2) is 4.39 Å². The molecule has 0 aliphatic carbocycles. The molecule has 0 amide bonds. The Morgan fingerprint density at radius 1 is 1.04 bits per heavy atom. The van der Waals surface area contributed by atoms with E-state index in [1.165, 1.54) is 6.07 Å². The normalized spacial score (nSPS) is 12.0. The maximum absolute atomic E-state index is 13.7. The Kier molecular flexibility index (Phi) is 2.46. The molecule has 1 N–H and O–H groups in total. The number of hydrogen-bond acceptors (Lipinski definition) is 2. The van der Waals surface area contributed by atoms with E-state index >= 15 is 0 Å². The summed E-state index contributed by atoms with van der Waals surface area (Å²) in [7, 11) is 1.93. The molecule has 118 valence electrons. The summed E-state index contributed by atoms with van der Waals surface area (Å²) in [5.41, 5.74) is 5.94. The van der Waals surface area contributed by atoms with Gasteiger partial charge < -0.3 is 4.57 Å². The molecule has 0 aliphatic rings. The number of fused-ring (bicyclic) bond motifs is 4. The molecule has 3 aromatic heterocycles. The Morgan fingerprint density at radius 2 is 1.92 bits per heavy atom. The molecule has 3 heterocycles. The molecule has 0 aliphatic heterocycles. The maximum atomic E-state index is 13.7. The van der Waals surface area contributed by atoms with Crippen LogP contribution < -0.4 is 0 Å². The predicted octanol–water partition coefficient (Wildman–Crippen LogP) is 3.84. The third kappa shape index (κ3) is 1.62. The fourth-order valence-corrected chi connectivity index (χ4v) is 3.48. The van der Waals surface area contributed by atoms with Gasteiger partial charge in [-0.2, -0.15) is 10.2 Å². The number of aryl methyl sites for hydroxylation is 2. The Labute approximate surface area is 136 Å². The third-order valence-corrected chi connectivity index (χ3v) is 4.63. The molecule has 0 spiro atoms. The van der Waals surface area contributed by atoms with Crippen molar-refractivity contribution >= 4 is 32.8 Å². The van der Waals surface area contributed by atoms with Crippen molar-refractivity contribution in [1.82, 2.24) is 24.5 Å². The van der Waals surface area contributed by atoms with Crippen LogP contribution in [-0.4, -0.2) is 24.5 Å². The van der Waals surface area contributed by atoms with E-state index in [9.17, 15) is 4.39 Å². The topological polar surface area (TPSA) is 51.4 Å². The Balaban J connectivity index is 1.96. The molecule has 5 nitrogen and oxygen atoms in total. The average Bonchev–Trinajstić information content (AvgIpc) is 3.23. The van der Waals surface area contributed by atoms with Crippen LogP contribution in [0.3, 0.4) is 0 Å². The first-order valence-electron chi connectivity index (χ1n) is 7.69. The lowest BCUT2D eigenvalue weighted by Gasteiger charge is -2.11. The van der Waals surface area contributed by atoms with Gasteiger partial charge in [0.05, 0.1) is 40.1 Å². The Morgan fingerprint density at radius 3 is 2.79 bits per heavy atom. The maximum Gasteiger partial charge on any atom is 0.124 e. The summed E-state index contributed by atoms with van der Waals surface area (Å²) in [6.07, 6.45) is 3.64. The highest BCUT2D eigenvalue weighted by molar-refractivity contribution is 6.07. The van der Waals surface area contributed by atoms with Crippen molar-refractivity contribution in [3.63, 3.8) is 0 Å². The van der Waals surface area contributed by atoms with Crippen molar-refractivity contribution in [2.24, 2.45) is 7.05 Å². The molecule has 6 heteroatoms. The van der Waals surface area contributed by atoms with Gasteiger partial charge in [-0.15, -0.1) is 0 Å². The lowest BCUT2D eigenvalue weighted by molar-refractivity contribution is 0.629. The summed E-state index contributed by atoms with van der Waals surface area (Å²) in [5.74, 6) is -0.255. The third-order valence-electron chi connectivity index (χ3n) is 4.63. The van der Waals surface area contributed by atoms with Crippen molar-refractivity contribution in [3.05, 3.63) is 54.1 Å². The first-order chi connectivity index (χ1) is 11.6. The molecule has 0 fully saturated rings. The number of rotatable bonds is 1. The van der Waals surface area contributed by atoms with Crippen LogP contribution in [0.15, 0.2) is 42.7 Å². The zero-order valence-corrected chi connectivity index (χ0v) is 13.2. The lowest BCUT2D eigenvalue weighted by Crippen LogP contribution is -1.98. The van der Waals surface area contributed by atoms with Crippen molar-refractivity contribution in [1.29, 1.82) is 0 Å². The zero-order chi connectivity index (χ0) is 16.4. The quantitative estimate of drug-likeness (QED) is 0.510. The highest BCUT2D eigenvalue weighted by Crippen LogP contribution is 2.33. The van der Waals surface area contributed by atoms with E-state index in [1.807, 2.05) is 24.0 Å². The first kappa shape index (κ1) is 13.3. The minimum Gasteiger partial charge on any atom is -0.306 e. The minimum atomic E-state index is -0.255. The number of hydrogen-bond donors (Lipinski definition) is 1. The average molecular weight is 319 g/mol. The molecule has 0 unspecified atom stereocenters. The number of benzene rings is 2. The molecule has 0 radical (unpaired) electrons. The number of nitrogens with one attached hydrogen (secondary N) is 1. The van der Waals surface area contributed by atoms with Gasteiger partial charge in [-0.3, -0.25) is 9.78 Å². The molecule has 5 rings (SSSR count). The van der Waals surface area contributed by atoms with E-state index in [0.717, 1.165) is 44.1 Å². The van der Waals surface area contributed by atoms with Gasteiger partial charge in [0.25, 0.3) is 0 Å². The summed E-state index contributed by atoms with van der Waals surface area (Å²) in [5, 5.41) is 13.4. The van der Waals surface area contributed by atoms with Crippen molar-refractivity contribution in [3.8, 4) is 5.69 Å². The minimum absolute atomic E-state index is 0.255. The van der Waals surface area contributed by atoms with Crippen molar-refractivity contribution in [2.45, 2.75) is 6.92 Å². The number of aromatic nitrogens is 5. The summed E-state index contributed by atoms with van der Waals surface area (Å²) < 4.78 is 17.7. The molecule has 2 aromatic carbocycles. The fraction of sp³-hybridized carbons (Fsp3) is 0.111. The Bertz CT molecular complexity index is 1240. The van der Waals surface area contributed by atoms with Gasteiger partial charge in [-0.05, 0) is 42.8 Å². The van der Waals surface area contributed by atoms with E-state index in [1.54, 1.807) is 12.3 Å². The highest BCUT2D eigenvalue weighted by Gasteiger charge is 2.16. The number of aromatic amines is 1. The standard InChI is InChI=1S/C18H14FN5/c1-10-5-11-8-21-23(2)16(11)7-15(10)24-14-4-3-12(19)6-13(14)18-17(24)9-20-22-18/h3-9H,1-2H3,(H,20,22). The molecule has 24 heavy (non-hydrogen) atoms. The summed E-state index contributed by atoms with van der Waals surface area (Å²) in [6.45, 7) is 2.07. The monoisotopic (exact) mass is 319 g/mol. The van der Waals surface area contributed by atoms with Crippen molar-refractivity contribution < 1.29 is 4.39 Å². The van der Waals surface area contributed by atoms with Crippen LogP contribution in [0, 0.1) is 12.7 Å². The van der Waals surface area contributed by atoms with E-state index < -0.39 is 0 Å². The van der Waals surface area contributed by atoms with Gasteiger partial charge >= 0.3 is 0 Å². The molecule has 0 atom stereocenters. The van der Waals surface area contributed by atoms with E-state index in [-0.39, 0.29) is 5.82 Å². The van der Waals surface area contributed by atoms with Crippen molar-refractivity contribution in [2.75, 3.05) is 0 Å². The molecular weight excluding hydrogens is 305 g/mol. The van der Waals surface area contributed by atoms with Gasteiger partial charge in [-0.1, -0.05) is 0 Å². The van der Waals surface area contributed by atoms with Crippen LogP contribution in [0.4, 0.5) is 4.39 Å². The molecule has 0 saturated carbocycles. The summed E-state index contributed by atoms with van der Waals surface area (Å²) in [6, 6.07) is 9.09. The summed E-state index contributed by atoms with van der Waals surface area (Å²) in [4.78, 5) is 0. The van der Waals surface area contributed by atoms with E-state index in [0.29, 0.717) is 0 Å². The van der Waals surface area contributed by atoms with Crippen LogP contribution >= 0.6 is 0 Å². The number of nitrogens with zero attached hydrogens (tertiary/aromatic N) is 4. The second-order valence-corrected chi connectivity index (χ2v) is 6.09. The molecule has 0 bridgehead atoms. The molecule has 5 aromatic rings.